The molecule has 0 aliphatic carbocycles. The maximum absolute atomic E-state index is 11.9. The summed E-state index contributed by atoms with van der Waals surface area (Å²) in [4.78, 5) is 11.9. The molecule has 22 heavy (non-hydrogen) atoms. The summed E-state index contributed by atoms with van der Waals surface area (Å²) in [6, 6.07) is 17.2. The van der Waals surface area contributed by atoms with E-state index in [1.807, 2.05) is 36.4 Å². The molecule has 0 aromatic heterocycles. The summed E-state index contributed by atoms with van der Waals surface area (Å²) in [6.45, 7) is 7.41. The van der Waals surface area contributed by atoms with Gasteiger partial charge in [0.1, 0.15) is 12.4 Å². The van der Waals surface area contributed by atoms with Crippen molar-refractivity contribution in [3.63, 3.8) is 0 Å². The first-order valence-electron chi connectivity index (χ1n) is 7.54. The van der Waals surface area contributed by atoms with E-state index in [1.54, 1.807) is 12.1 Å². The molecule has 116 valence electrons. The zero-order valence-electron chi connectivity index (χ0n) is 13.4. The highest BCUT2D eigenvalue weighted by Gasteiger charge is 2.18. The zero-order chi connectivity index (χ0) is 16.0. The Labute approximate surface area is 132 Å². The third kappa shape index (κ3) is 4.35. The molecule has 0 saturated carbocycles. The summed E-state index contributed by atoms with van der Waals surface area (Å²) >= 11 is 0. The van der Waals surface area contributed by atoms with Gasteiger partial charge in [-0.05, 0) is 29.2 Å². The molecule has 0 heterocycles. The first kappa shape index (κ1) is 16.1. The van der Waals surface area contributed by atoms with Gasteiger partial charge in [0.25, 0.3) is 5.91 Å². The fraction of sp³-hybridized carbons (Fsp3) is 0.316. The molecular weight excluding hydrogens is 274 g/mol. The van der Waals surface area contributed by atoms with Crippen molar-refractivity contribution in [2.24, 2.45) is 0 Å². The number of carbonyl (C=O) groups excluding carboxylic acids is 1. The van der Waals surface area contributed by atoms with Gasteiger partial charge in [-0.2, -0.15) is 0 Å². The molecule has 0 fully saturated rings. The van der Waals surface area contributed by atoms with E-state index < -0.39 is 0 Å². The zero-order valence-corrected chi connectivity index (χ0v) is 13.4. The number of benzene rings is 2. The van der Waals surface area contributed by atoms with Gasteiger partial charge in [0.2, 0.25) is 0 Å². The number of hydrogen-bond donors (Lipinski definition) is 1. The van der Waals surface area contributed by atoms with E-state index in [0.29, 0.717) is 18.7 Å². The number of carbonyl (C=O) groups is 1. The molecule has 0 spiro atoms. The highest BCUT2D eigenvalue weighted by atomic mass is 16.5. The van der Waals surface area contributed by atoms with Crippen molar-refractivity contribution < 1.29 is 9.53 Å². The van der Waals surface area contributed by atoms with Gasteiger partial charge >= 0.3 is 0 Å². The van der Waals surface area contributed by atoms with Crippen molar-refractivity contribution in [1.29, 1.82) is 0 Å². The van der Waals surface area contributed by atoms with Crippen LogP contribution in [0.2, 0.25) is 0 Å². The van der Waals surface area contributed by atoms with E-state index in [1.165, 1.54) is 5.56 Å². The Morgan fingerprint density at radius 2 is 1.64 bits per heavy atom. The van der Waals surface area contributed by atoms with Crippen LogP contribution >= 0.6 is 0 Å². The van der Waals surface area contributed by atoms with E-state index in [4.69, 9.17) is 4.74 Å². The summed E-state index contributed by atoms with van der Waals surface area (Å²) in [5.41, 5.74) is 1.87. The molecule has 2 aromatic rings. The predicted molar refractivity (Wildman–Crippen MR) is 89.4 cm³/mol. The Hall–Kier alpha value is -2.29. The first-order valence-corrected chi connectivity index (χ1v) is 7.54. The lowest BCUT2D eigenvalue weighted by Crippen LogP contribution is -2.28. The third-order valence-electron chi connectivity index (χ3n) is 3.38. The van der Waals surface area contributed by atoms with Crippen molar-refractivity contribution in [3.05, 3.63) is 65.7 Å². The maximum atomic E-state index is 11.9. The van der Waals surface area contributed by atoms with Crippen LogP contribution in [-0.4, -0.2) is 19.1 Å². The molecule has 0 unspecified atom stereocenters. The molecule has 1 N–H and O–H groups in total. The van der Waals surface area contributed by atoms with Gasteiger partial charge in [0.15, 0.2) is 0 Å². The van der Waals surface area contributed by atoms with E-state index in [2.05, 4.69) is 32.2 Å². The largest absolute Gasteiger partial charge is 0.491 e. The number of para-hydroxylation sites is 1. The minimum Gasteiger partial charge on any atom is -0.491 e. The van der Waals surface area contributed by atoms with Crippen molar-refractivity contribution >= 4 is 5.91 Å². The van der Waals surface area contributed by atoms with E-state index in [-0.39, 0.29) is 11.3 Å². The van der Waals surface area contributed by atoms with Crippen LogP contribution in [0.5, 0.6) is 5.75 Å². The minimum absolute atomic E-state index is 0.0316. The summed E-state index contributed by atoms with van der Waals surface area (Å²) in [7, 11) is 0. The summed E-state index contributed by atoms with van der Waals surface area (Å²) in [6.07, 6.45) is 0. The lowest BCUT2D eigenvalue weighted by molar-refractivity contribution is 0.0947. The Morgan fingerprint density at radius 1 is 1.00 bits per heavy atom. The molecule has 1 amide bonds. The summed E-state index contributed by atoms with van der Waals surface area (Å²) in [5.74, 6) is 0.803. The number of rotatable bonds is 5. The third-order valence-corrected chi connectivity index (χ3v) is 3.38. The second kappa shape index (κ2) is 7.12. The van der Waals surface area contributed by atoms with Crippen LogP contribution in [0.3, 0.4) is 0 Å². The van der Waals surface area contributed by atoms with E-state index in [9.17, 15) is 4.79 Å². The lowest BCUT2D eigenvalue weighted by atomic mass is 9.86. The second-order valence-corrected chi connectivity index (χ2v) is 6.22. The molecule has 0 atom stereocenters. The van der Waals surface area contributed by atoms with Crippen LogP contribution in [0.4, 0.5) is 0 Å². The molecule has 0 aliphatic heterocycles. The first-order chi connectivity index (χ1) is 10.5. The minimum atomic E-state index is -0.0756. The van der Waals surface area contributed by atoms with Crippen molar-refractivity contribution in [2.45, 2.75) is 26.2 Å². The average Bonchev–Trinajstić information content (AvgIpc) is 2.51. The molecule has 3 heteroatoms. The predicted octanol–water partition coefficient (Wildman–Crippen LogP) is 3.79. The molecular formula is C19H23NO2. The van der Waals surface area contributed by atoms with Crippen LogP contribution in [0, 0.1) is 0 Å². The molecule has 0 saturated heterocycles. The quantitative estimate of drug-likeness (QED) is 0.853. The standard InChI is InChI=1S/C19H23NO2/c1-19(2,3)16-11-7-8-12-17(16)22-14-13-20-18(21)15-9-5-4-6-10-15/h4-12H,13-14H2,1-3H3,(H,20,21). The molecule has 0 bridgehead atoms. The fourth-order valence-corrected chi connectivity index (χ4v) is 2.23. The average molecular weight is 297 g/mol. The molecule has 2 rings (SSSR count). The monoisotopic (exact) mass is 297 g/mol. The molecule has 3 nitrogen and oxygen atoms in total. The van der Waals surface area contributed by atoms with Gasteiger partial charge < -0.3 is 10.1 Å². The van der Waals surface area contributed by atoms with Gasteiger partial charge in [0.05, 0.1) is 6.54 Å². The van der Waals surface area contributed by atoms with Crippen LogP contribution < -0.4 is 10.1 Å². The van der Waals surface area contributed by atoms with E-state index >= 15 is 0 Å². The molecule has 2 aromatic carbocycles. The SMILES string of the molecule is CC(C)(C)c1ccccc1OCCNC(=O)c1ccccc1. The normalized spacial score (nSPS) is 11.0. The van der Waals surface area contributed by atoms with Gasteiger partial charge in [-0.1, -0.05) is 57.2 Å². The van der Waals surface area contributed by atoms with Gasteiger partial charge in [-0.25, -0.2) is 0 Å². The highest BCUT2D eigenvalue weighted by Crippen LogP contribution is 2.30. The van der Waals surface area contributed by atoms with Gasteiger partial charge in [0, 0.05) is 5.56 Å². The topological polar surface area (TPSA) is 38.3 Å². The van der Waals surface area contributed by atoms with Crippen LogP contribution in [0.25, 0.3) is 0 Å². The Bertz CT molecular complexity index is 615. The fourth-order valence-electron chi connectivity index (χ4n) is 2.23. The highest BCUT2D eigenvalue weighted by molar-refractivity contribution is 5.94. The Morgan fingerprint density at radius 3 is 2.32 bits per heavy atom. The molecule has 0 radical (unpaired) electrons. The van der Waals surface area contributed by atoms with Crippen molar-refractivity contribution in [3.8, 4) is 5.75 Å². The van der Waals surface area contributed by atoms with Crippen molar-refractivity contribution in [1.82, 2.24) is 5.32 Å². The Kier molecular flexibility index (Phi) is 5.21. The summed E-state index contributed by atoms with van der Waals surface area (Å²) in [5, 5.41) is 2.86. The smallest absolute Gasteiger partial charge is 0.251 e. The second-order valence-electron chi connectivity index (χ2n) is 6.22. The van der Waals surface area contributed by atoms with Crippen LogP contribution in [0.15, 0.2) is 54.6 Å². The van der Waals surface area contributed by atoms with E-state index in [0.717, 1.165) is 5.75 Å². The van der Waals surface area contributed by atoms with Crippen LogP contribution in [0.1, 0.15) is 36.7 Å². The maximum Gasteiger partial charge on any atom is 0.251 e. The Balaban J connectivity index is 1.86. The summed E-state index contributed by atoms with van der Waals surface area (Å²) < 4.78 is 5.84. The number of hydrogen-bond acceptors (Lipinski definition) is 2. The number of amides is 1. The number of nitrogens with one attached hydrogen (secondary N) is 1. The van der Waals surface area contributed by atoms with Crippen molar-refractivity contribution in [2.75, 3.05) is 13.2 Å². The lowest BCUT2D eigenvalue weighted by Gasteiger charge is -2.22. The molecule has 0 aliphatic rings. The van der Waals surface area contributed by atoms with Gasteiger partial charge in [-0.3, -0.25) is 4.79 Å². The van der Waals surface area contributed by atoms with Crippen LogP contribution in [-0.2, 0) is 5.41 Å². The van der Waals surface area contributed by atoms with Gasteiger partial charge in [-0.15, -0.1) is 0 Å². The number of ether oxygens (including phenoxy) is 1.